The summed E-state index contributed by atoms with van der Waals surface area (Å²) in [6.07, 6.45) is 3.58. The van der Waals surface area contributed by atoms with E-state index >= 15 is 0 Å². The molecule has 0 aliphatic heterocycles. The van der Waals surface area contributed by atoms with Gasteiger partial charge < -0.3 is 9.47 Å². The predicted octanol–water partition coefficient (Wildman–Crippen LogP) is 4.17. The molecule has 0 saturated heterocycles. The van der Waals surface area contributed by atoms with Crippen LogP contribution in [0.1, 0.15) is 32.4 Å². The van der Waals surface area contributed by atoms with Gasteiger partial charge in [-0.3, -0.25) is 0 Å². The maximum absolute atomic E-state index is 12.5. The van der Waals surface area contributed by atoms with Gasteiger partial charge in [0.1, 0.15) is 36.0 Å². The van der Waals surface area contributed by atoms with Crippen molar-refractivity contribution in [3.63, 3.8) is 0 Å². The molecule has 178 valence electrons. The predicted molar refractivity (Wildman–Crippen MR) is 130 cm³/mol. The second kappa shape index (κ2) is 10.5. The van der Waals surface area contributed by atoms with Gasteiger partial charge in [0.2, 0.25) is 0 Å². The first-order valence-electron chi connectivity index (χ1n) is 11.2. The first-order valence-corrected chi connectivity index (χ1v) is 11.2. The lowest BCUT2D eigenvalue weighted by atomic mass is 10.3. The molecule has 3 heterocycles. The molecule has 0 aliphatic rings. The van der Waals surface area contributed by atoms with E-state index in [4.69, 9.17) is 9.47 Å². The third kappa shape index (κ3) is 5.36. The summed E-state index contributed by atoms with van der Waals surface area (Å²) in [6, 6.07) is 27.2. The molecule has 0 bridgehead atoms. The topological polar surface area (TPSA) is 101 Å². The Bertz CT molecular complexity index is 1370. The Kier molecular flexibility index (Phi) is 6.61. The summed E-state index contributed by atoms with van der Waals surface area (Å²) in [6.45, 7) is -0.0574. The molecule has 2 aromatic carbocycles. The average molecular weight is 479 g/mol. The highest BCUT2D eigenvalue weighted by Gasteiger charge is 2.16. The summed E-state index contributed by atoms with van der Waals surface area (Å²) in [4.78, 5) is 29.1. The zero-order valence-electron chi connectivity index (χ0n) is 19.1. The molecule has 9 heteroatoms. The highest BCUT2D eigenvalue weighted by atomic mass is 16.5. The van der Waals surface area contributed by atoms with E-state index in [2.05, 4.69) is 15.2 Å². The van der Waals surface area contributed by atoms with Crippen LogP contribution in [0.4, 0.5) is 0 Å². The molecule has 0 radical (unpaired) electrons. The maximum atomic E-state index is 12.5. The molecule has 0 amide bonds. The molecule has 36 heavy (non-hydrogen) atoms. The number of carbonyl (C=O) groups is 2. The Morgan fingerprint density at radius 1 is 0.583 bits per heavy atom. The lowest BCUT2D eigenvalue weighted by molar-refractivity contribution is 0.0451. The van der Waals surface area contributed by atoms with Crippen molar-refractivity contribution in [1.29, 1.82) is 0 Å². The average Bonchev–Trinajstić information content (AvgIpc) is 3.62. The van der Waals surface area contributed by atoms with Crippen molar-refractivity contribution in [2.75, 3.05) is 0 Å². The zero-order chi connectivity index (χ0) is 24.7. The molecule has 5 rings (SSSR count). The summed E-state index contributed by atoms with van der Waals surface area (Å²) in [5.41, 5.74) is 2.96. The minimum Gasteiger partial charge on any atom is -0.454 e. The Morgan fingerprint density at radius 3 is 1.47 bits per heavy atom. The Balaban J connectivity index is 1.16. The molecule has 0 spiro atoms. The Morgan fingerprint density at radius 2 is 1.03 bits per heavy atom. The number of hydrogen-bond acceptors (Lipinski definition) is 7. The normalized spacial score (nSPS) is 10.7. The number of benzene rings is 2. The van der Waals surface area contributed by atoms with Crippen LogP contribution in [-0.2, 0) is 22.7 Å². The molecule has 0 aliphatic carbocycles. The van der Waals surface area contributed by atoms with Gasteiger partial charge in [0.25, 0.3) is 0 Å². The van der Waals surface area contributed by atoms with Crippen molar-refractivity contribution >= 4 is 11.9 Å². The van der Waals surface area contributed by atoms with E-state index < -0.39 is 11.9 Å². The number of carbonyl (C=O) groups excluding carboxylic acids is 2. The summed E-state index contributed by atoms with van der Waals surface area (Å²) in [5, 5.41) is 8.81. The minimum absolute atomic E-state index is 0.000276. The third-order valence-electron chi connectivity index (χ3n) is 5.20. The van der Waals surface area contributed by atoms with Crippen LogP contribution in [0.3, 0.4) is 0 Å². The van der Waals surface area contributed by atoms with Crippen LogP contribution in [0, 0.1) is 0 Å². The van der Waals surface area contributed by atoms with Crippen LogP contribution < -0.4 is 0 Å². The number of rotatable bonds is 8. The van der Waals surface area contributed by atoms with Crippen LogP contribution >= 0.6 is 0 Å². The standard InChI is InChI=1S/C27H21N5O4/c33-26(35-18-20-14-16-31(29-20)22-8-3-1-4-9-22)24-12-7-13-25(28-24)27(34)36-19-21-15-17-32(30-21)23-10-5-2-6-11-23/h1-17H,18-19H2. The molecule has 5 aromatic rings. The number of pyridine rings is 1. The Labute approximate surface area is 206 Å². The number of esters is 2. The first kappa shape index (κ1) is 22.7. The lowest BCUT2D eigenvalue weighted by Crippen LogP contribution is -2.13. The Hall–Kier alpha value is -5.05. The molecule has 0 saturated carbocycles. The monoisotopic (exact) mass is 479 g/mol. The molecule has 3 aromatic heterocycles. The van der Waals surface area contributed by atoms with E-state index in [-0.39, 0.29) is 24.6 Å². The van der Waals surface area contributed by atoms with Crippen molar-refractivity contribution in [2.24, 2.45) is 0 Å². The van der Waals surface area contributed by atoms with Crippen molar-refractivity contribution in [1.82, 2.24) is 24.5 Å². The highest BCUT2D eigenvalue weighted by molar-refractivity contribution is 5.91. The van der Waals surface area contributed by atoms with Gasteiger partial charge in [0.05, 0.1) is 11.4 Å². The first-order chi connectivity index (χ1) is 17.7. The van der Waals surface area contributed by atoms with Crippen LogP contribution in [0.15, 0.2) is 103 Å². The van der Waals surface area contributed by atoms with Crippen LogP contribution in [0.25, 0.3) is 11.4 Å². The van der Waals surface area contributed by atoms with E-state index in [1.807, 2.05) is 60.7 Å². The molecule has 9 nitrogen and oxygen atoms in total. The molecule has 0 N–H and O–H groups in total. The molecule has 0 fully saturated rings. The second-order valence-corrected chi connectivity index (χ2v) is 7.73. The third-order valence-corrected chi connectivity index (χ3v) is 5.20. The summed E-state index contributed by atoms with van der Waals surface area (Å²) >= 11 is 0. The SMILES string of the molecule is O=C(OCc1ccn(-c2ccccc2)n1)c1cccc(C(=O)OCc2ccn(-c3ccccc3)n2)n1. The van der Waals surface area contributed by atoms with Gasteiger partial charge in [-0.15, -0.1) is 0 Å². The van der Waals surface area contributed by atoms with Gasteiger partial charge in [0.15, 0.2) is 0 Å². The quantitative estimate of drug-likeness (QED) is 0.308. The van der Waals surface area contributed by atoms with E-state index in [9.17, 15) is 9.59 Å². The summed E-state index contributed by atoms with van der Waals surface area (Å²) in [5.74, 6) is -1.33. The van der Waals surface area contributed by atoms with Gasteiger partial charge in [-0.05, 0) is 48.5 Å². The largest absolute Gasteiger partial charge is 0.454 e. The van der Waals surface area contributed by atoms with Gasteiger partial charge in [-0.2, -0.15) is 10.2 Å². The van der Waals surface area contributed by atoms with E-state index in [1.165, 1.54) is 12.1 Å². The van der Waals surface area contributed by atoms with E-state index in [1.54, 1.807) is 40.0 Å². The number of nitrogens with zero attached hydrogens (tertiary/aromatic N) is 5. The van der Waals surface area contributed by atoms with Crippen molar-refractivity contribution in [3.8, 4) is 11.4 Å². The van der Waals surface area contributed by atoms with Crippen molar-refractivity contribution in [3.05, 3.63) is 126 Å². The van der Waals surface area contributed by atoms with Crippen LogP contribution in [0.5, 0.6) is 0 Å². The van der Waals surface area contributed by atoms with Gasteiger partial charge in [-0.25, -0.2) is 23.9 Å². The number of para-hydroxylation sites is 2. The minimum atomic E-state index is -0.666. The van der Waals surface area contributed by atoms with Gasteiger partial charge in [-0.1, -0.05) is 42.5 Å². The number of aromatic nitrogens is 5. The van der Waals surface area contributed by atoms with Gasteiger partial charge in [0, 0.05) is 12.4 Å². The summed E-state index contributed by atoms with van der Waals surface area (Å²) < 4.78 is 14.1. The number of ether oxygens (including phenoxy) is 2. The zero-order valence-corrected chi connectivity index (χ0v) is 19.1. The highest BCUT2D eigenvalue weighted by Crippen LogP contribution is 2.11. The molecule has 0 atom stereocenters. The fourth-order valence-corrected chi connectivity index (χ4v) is 3.42. The molecular weight excluding hydrogens is 458 g/mol. The van der Waals surface area contributed by atoms with Gasteiger partial charge >= 0.3 is 11.9 Å². The van der Waals surface area contributed by atoms with Crippen molar-refractivity contribution in [2.45, 2.75) is 13.2 Å². The van der Waals surface area contributed by atoms with E-state index in [0.717, 1.165) is 11.4 Å². The maximum Gasteiger partial charge on any atom is 0.357 e. The van der Waals surface area contributed by atoms with Crippen molar-refractivity contribution < 1.29 is 19.1 Å². The number of hydrogen-bond donors (Lipinski definition) is 0. The molecular formula is C27H21N5O4. The van der Waals surface area contributed by atoms with Crippen LogP contribution in [0.2, 0.25) is 0 Å². The lowest BCUT2D eigenvalue weighted by Gasteiger charge is -2.06. The second-order valence-electron chi connectivity index (χ2n) is 7.73. The fourth-order valence-electron chi connectivity index (χ4n) is 3.42. The summed E-state index contributed by atoms with van der Waals surface area (Å²) in [7, 11) is 0. The molecule has 0 unspecified atom stereocenters. The van der Waals surface area contributed by atoms with Crippen LogP contribution in [-0.4, -0.2) is 36.5 Å². The smallest absolute Gasteiger partial charge is 0.357 e. The fraction of sp³-hybridized carbons (Fsp3) is 0.0741. The van der Waals surface area contributed by atoms with E-state index in [0.29, 0.717) is 11.4 Å².